The molecule has 0 spiro atoms. The lowest BCUT2D eigenvalue weighted by molar-refractivity contribution is -0.113. The molecule has 4 heteroatoms. The quantitative estimate of drug-likeness (QED) is 0.542. The van der Waals surface area contributed by atoms with Gasteiger partial charge in [0, 0.05) is 0 Å². The number of rotatable bonds is 5. The fourth-order valence-electron chi connectivity index (χ4n) is 1.23. The van der Waals surface area contributed by atoms with Crippen LogP contribution in [0.15, 0.2) is 12.7 Å². The summed E-state index contributed by atoms with van der Waals surface area (Å²) in [5.74, 6) is -0.0361. The van der Waals surface area contributed by atoms with Crippen LogP contribution < -0.4 is 0 Å². The molecule has 0 aromatic heterocycles. The average molecular weight is 199 g/mol. The lowest BCUT2D eigenvalue weighted by Gasteiger charge is -2.31. The first-order valence-corrected chi connectivity index (χ1v) is 4.54. The van der Waals surface area contributed by atoms with Gasteiger partial charge in [0.2, 0.25) is 0 Å². The molecule has 0 aliphatic rings. The molecule has 0 aromatic carbocycles. The number of hydrogen-bond acceptors (Lipinski definition) is 2. The number of carboxylic acid groups (broad SMARTS) is 1. The Labute approximate surface area is 84.2 Å². The molecule has 0 bridgehead atoms. The van der Waals surface area contributed by atoms with E-state index in [0.29, 0.717) is 6.29 Å². The Hall–Kier alpha value is -1.32. The molecule has 0 fully saturated rings. The van der Waals surface area contributed by atoms with Crippen LogP contribution in [0.2, 0.25) is 0 Å². The first-order valence-electron chi connectivity index (χ1n) is 4.54. The second kappa shape index (κ2) is 5.42. The van der Waals surface area contributed by atoms with E-state index in [-0.39, 0.29) is 12.0 Å². The summed E-state index contributed by atoms with van der Waals surface area (Å²) in [5.41, 5.74) is 0. The Bertz CT molecular complexity index is 225. The van der Waals surface area contributed by atoms with Crippen molar-refractivity contribution in [3.05, 3.63) is 12.7 Å². The lowest BCUT2D eigenvalue weighted by Crippen LogP contribution is -2.47. The largest absolute Gasteiger partial charge is 0.465 e. The third-order valence-electron chi connectivity index (χ3n) is 2.14. The van der Waals surface area contributed by atoms with E-state index in [1.807, 2.05) is 13.8 Å². The van der Waals surface area contributed by atoms with Crippen molar-refractivity contribution >= 4 is 12.4 Å². The average Bonchev–Trinajstić information content (AvgIpc) is 2.11. The summed E-state index contributed by atoms with van der Waals surface area (Å²) in [7, 11) is 0. The van der Waals surface area contributed by atoms with Crippen molar-refractivity contribution in [3.63, 3.8) is 0 Å². The molecule has 14 heavy (non-hydrogen) atoms. The summed E-state index contributed by atoms with van der Waals surface area (Å²) in [6, 6.07) is -0.967. The van der Waals surface area contributed by atoms with Crippen LogP contribution in [0.1, 0.15) is 20.8 Å². The summed E-state index contributed by atoms with van der Waals surface area (Å²) in [5, 5.41) is 8.94. The maximum atomic E-state index is 10.9. The molecule has 1 N–H and O–H groups in total. The van der Waals surface area contributed by atoms with Crippen LogP contribution in [0, 0.1) is 5.92 Å². The lowest BCUT2D eigenvalue weighted by atomic mass is 10.0. The molecule has 80 valence electrons. The van der Waals surface area contributed by atoms with Crippen molar-refractivity contribution in [1.29, 1.82) is 0 Å². The SMILES string of the molecule is C=CC(C)N(C(=O)O)C(C=O)C(C)C. The first kappa shape index (κ1) is 12.7. The number of carbonyl (C=O) groups is 2. The second-order valence-corrected chi connectivity index (χ2v) is 3.54. The van der Waals surface area contributed by atoms with Gasteiger partial charge >= 0.3 is 6.09 Å². The minimum atomic E-state index is -1.09. The zero-order valence-electron chi connectivity index (χ0n) is 8.80. The van der Waals surface area contributed by atoms with Gasteiger partial charge in [0.1, 0.15) is 6.29 Å². The van der Waals surface area contributed by atoms with Gasteiger partial charge in [0.25, 0.3) is 0 Å². The van der Waals surface area contributed by atoms with Crippen molar-refractivity contribution in [1.82, 2.24) is 4.90 Å². The van der Waals surface area contributed by atoms with Gasteiger partial charge in [0.15, 0.2) is 0 Å². The van der Waals surface area contributed by atoms with Gasteiger partial charge in [-0.2, -0.15) is 0 Å². The molecule has 0 radical (unpaired) electrons. The second-order valence-electron chi connectivity index (χ2n) is 3.54. The maximum absolute atomic E-state index is 10.9. The summed E-state index contributed by atoms with van der Waals surface area (Å²) in [6.07, 6.45) is 1.08. The maximum Gasteiger partial charge on any atom is 0.408 e. The van der Waals surface area contributed by atoms with E-state index < -0.39 is 12.1 Å². The molecule has 0 aliphatic carbocycles. The van der Waals surface area contributed by atoms with Gasteiger partial charge in [-0.1, -0.05) is 19.9 Å². The van der Waals surface area contributed by atoms with Gasteiger partial charge in [-0.3, -0.25) is 4.90 Å². The molecule has 0 rings (SSSR count). The van der Waals surface area contributed by atoms with Crippen molar-refractivity contribution in [2.75, 3.05) is 0 Å². The Morgan fingerprint density at radius 1 is 1.43 bits per heavy atom. The van der Waals surface area contributed by atoms with E-state index in [0.717, 1.165) is 4.90 Å². The van der Waals surface area contributed by atoms with Gasteiger partial charge in [0.05, 0.1) is 12.1 Å². The van der Waals surface area contributed by atoms with E-state index in [1.165, 1.54) is 6.08 Å². The normalized spacial score (nSPS) is 14.6. The van der Waals surface area contributed by atoms with Gasteiger partial charge in [-0.25, -0.2) is 4.79 Å². The fourth-order valence-corrected chi connectivity index (χ4v) is 1.23. The highest BCUT2D eigenvalue weighted by Gasteiger charge is 2.28. The molecule has 0 heterocycles. The van der Waals surface area contributed by atoms with Crippen LogP contribution in [0.4, 0.5) is 4.79 Å². The molecular formula is C10H17NO3. The van der Waals surface area contributed by atoms with Crippen LogP contribution in [0.5, 0.6) is 0 Å². The Balaban J connectivity index is 4.86. The number of hydrogen-bond donors (Lipinski definition) is 1. The van der Waals surface area contributed by atoms with Crippen molar-refractivity contribution in [3.8, 4) is 0 Å². The number of nitrogens with zero attached hydrogens (tertiary/aromatic N) is 1. The third kappa shape index (κ3) is 2.87. The van der Waals surface area contributed by atoms with E-state index >= 15 is 0 Å². The van der Waals surface area contributed by atoms with Crippen molar-refractivity contribution in [2.45, 2.75) is 32.9 Å². The van der Waals surface area contributed by atoms with E-state index in [9.17, 15) is 9.59 Å². The van der Waals surface area contributed by atoms with Crippen LogP contribution in [-0.2, 0) is 4.79 Å². The monoisotopic (exact) mass is 199 g/mol. The molecule has 0 saturated carbocycles. The number of carbonyl (C=O) groups excluding carboxylic acids is 1. The highest BCUT2D eigenvalue weighted by Crippen LogP contribution is 2.13. The zero-order valence-corrected chi connectivity index (χ0v) is 8.80. The summed E-state index contributed by atoms with van der Waals surface area (Å²) < 4.78 is 0. The van der Waals surface area contributed by atoms with Crippen LogP contribution in [0.25, 0.3) is 0 Å². The predicted octanol–water partition coefficient (Wildman–Crippen LogP) is 1.76. The number of aldehydes is 1. The van der Waals surface area contributed by atoms with Gasteiger partial charge in [-0.15, -0.1) is 6.58 Å². The van der Waals surface area contributed by atoms with E-state index in [2.05, 4.69) is 6.58 Å². The molecule has 0 saturated heterocycles. The topological polar surface area (TPSA) is 57.6 Å². The van der Waals surface area contributed by atoms with Crippen molar-refractivity contribution < 1.29 is 14.7 Å². The van der Waals surface area contributed by atoms with Crippen LogP contribution >= 0.6 is 0 Å². The molecule has 0 aromatic rings. The van der Waals surface area contributed by atoms with Gasteiger partial charge in [-0.05, 0) is 12.8 Å². The predicted molar refractivity (Wildman–Crippen MR) is 54.2 cm³/mol. The first-order chi connectivity index (χ1) is 6.45. The molecule has 4 nitrogen and oxygen atoms in total. The van der Waals surface area contributed by atoms with E-state index in [1.54, 1.807) is 6.92 Å². The summed E-state index contributed by atoms with van der Waals surface area (Å²) >= 11 is 0. The molecular weight excluding hydrogens is 182 g/mol. The fraction of sp³-hybridized carbons (Fsp3) is 0.600. The molecule has 2 unspecified atom stereocenters. The minimum Gasteiger partial charge on any atom is -0.465 e. The standard InChI is InChI=1S/C10H17NO3/c1-5-8(4)11(10(13)14)9(6-12)7(2)3/h5-9H,1H2,2-4H3,(H,13,14). The van der Waals surface area contributed by atoms with Gasteiger partial charge < -0.3 is 9.90 Å². The third-order valence-corrected chi connectivity index (χ3v) is 2.14. The highest BCUT2D eigenvalue weighted by molar-refractivity contribution is 5.72. The number of amides is 1. The summed E-state index contributed by atoms with van der Waals surface area (Å²) in [6.45, 7) is 8.83. The summed E-state index contributed by atoms with van der Waals surface area (Å²) in [4.78, 5) is 22.8. The zero-order chi connectivity index (χ0) is 11.3. The molecule has 1 amide bonds. The highest BCUT2D eigenvalue weighted by atomic mass is 16.4. The van der Waals surface area contributed by atoms with Crippen molar-refractivity contribution in [2.24, 2.45) is 5.92 Å². The Kier molecular flexibility index (Phi) is 4.91. The smallest absolute Gasteiger partial charge is 0.408 e. The van der Waals surface area contributed by atoms with E-state index in [4.69, 9.17) is 5.11 Å². The minimum absolute atomic E-state index is 0.0361. The molecule has 2 atom stereocenters. The van der Waals surface area contributed by atoms with Crippen LogP contribution in [-0.4, -0.2) is 34.5 Å². The molecule has 0 aliphatic heterocycles. The van der Waals surface area contributed by atoms with Crippen LogP contribution in [0.3, 0.4) is 0 Å². The Morgan fingerprint density at radius 2 is 1.93 bits per heavy atom. The Morgan fingerprint density at radius 3 is 2.14 bits per heavy atom.